The topological polar surface area (TPSA) is 93.7 Å². The van der Waals surface area contributed by atoms with Crippen molar-refractivity contribution in [3.05, 3.63) is 0 Å². The molecule has 8 heteroatoms. The molecule has 0 radical (unpaired) electrons. The fraction of sp³-hybridized carbons (Fsp3) is 0.900. The van der Waals surface area contributed by atoms with Crippen LogP contribution in [0.2, 0.25) is 0 Å². The van der Waals surface area contributed by atoms with E-state index in [4.69, 9.17) is 4.74 Å². The van der Waals surface area contributed by atoms with Crippen molar-refractivity contribution in [3.8, 4) is 0 Å². The minimum Gasteiger partial charge on any atom is -0.466 e. The maximum atomic E-state index is 11.6. The molecular formula is C10H20N2O5S. The van der Waals surface area contributed by atoms with E-state index in [1.54, 1.807) is 6.92 Å². The molecule has 0 aromatic rings. The Kier molecular flexibility index (Phi) is 6.55. The Morgan fingerprint density at radius 2 is 2.33 bits per heavy atom. The monoisotopic (exact) mass is 280 g/mol. The van der Waals surface area contributed by atoms with Crippen LogP contribution in [-0.2, 0) is 24.3 Å². The minimum atomic E-state index is -3.44. The summed E-state index contributed by atoms with van der Waals surface area (Å²) >= 11 is 0. The van der Waals surface area contributed by atoms with Crippen LogP contribution in [0.5, 0.6) is 0 Å². The van der Waals surface area contributed by atoms with Gasteiger partial charge in [0.05, 0.1) is 32.0 Å². The largest absolute Gasteiger partial charge is 0.466 e. The van der Waals surface area contributed by atoms with Crippen LogP contribution in [0.1, 0.15) is 13.3 Å². The van der Waals surface area contributed by atoms with Gasteiger partial charge in [-0.25, -0.2) is 13.1 Å². The van der Waals surface area contributed by atoms with Gasteiger partial charge in [0, 0.05) is 19.1 Å². The van der Waals surface area contributed by atoms with Crippen LogP contribution < -0.4 is 10.0 Å². The zero-order valence-corrected chi connectivity index (χ0v) is 11.3. The third-order valence-electron chi connectivity index (χ3n) is 2.43. The molecule has 0 bridgehead atoms. The van der Waals surface area contributed by atoms with Crippen molar-refractivity contribution in [2.24, 2.45) is 0 Å². The van der Waals surface area contributed by atoms with Crippen LogP contribution >= 0.6 is 0 Å². The summed E-state index contributed by atoms with van der Waals surface area (Å²) in [5.41, 5.74) is 0. The zero-order valence-electron chi connectivity index (χ0n) is 10.5. The van der Waals surface area contributed by atoms with Gasteiger partial charge in [-0.3, -0.25) is 4.79 Å². The molecule has 1 aliphatic heterocycles. The normalized spacial score (nSPS) is 20.6. The molecule has 0 aromatic carbocycles. The SMILES string of the molecule is CCOC(=O)CCS(=O)(=O)NCC1COCCN1. The number of esters is 1. The summed E-state index contributed by atoms with van der Waals surface area (Å²) in [7, 11) is -3.44. The second-order valence-electron chi connectivity index (χ2n) is 3.95. The van der Waals surface area contributed by atoms with Gasteiger partial charge in [0.2, 0.25) is 10.0 Å². The molecule has 1 rings (SSSR count). The van der Waals surface area contributed by atoms with Gasteiger partial charge in [0.25, 0.3) is 0 Å². The number of morpholine rings is 1. The first-order valence-electron chi connectivity index (χ1n) is 5.97. The Morgan fingerprint density at radius 3 is 2.94 bits per heavy atom. The van der Waals surface area contributed by atoms with Crippen LogP contribution in [0.25, 0.3) is 0 Å². The van der Waals surface area contributed by atoms with E-state index >= 15 is 0 Å². The van der Waals surface area contributed by atoms with E-state index in [1.165, 1.54) is 0 Å². The number of sulfonamides is 1. The second-order valence-corrected chi connectivity index (χ2v) is 5.87. The molecule has 2 N–H and O–H groups in total. The van der Waals surface area contributed by atoms with Crippen molar-refractivity contribution in [2.45, 2.75) is 19.4 Å². The molecule has 1 atom stereocenters. The Balaban J connectivity index is 2.24. The molecule has 0 amide bonds. The van der Waals surface area contributed by atoms with Gasteiger partial charge in [-0.05, 0) is 6.92 Å². The van der Waals surface area contributed by atoms with Gasteiger partial charge in [0.1, 0.15) is 0 Å². The molecule has 18 heavy (non-hydrogen) atoms. The number of rotatable bonds is 7. The van der Waals surface area contributed by atoms with Crippen molar-refractivity contribution in [3.63, 3.8) is 0 Å². The molecule has 1 heterocycles. The summed E-state index contributed by atoms with van der Waals surface area (Å²) in [5.74, 6) is -0.749. The van der Waals surface area contributed by atoms with E-state index < -0.39 is 16.0 Å². The maximum Gasteiger partial charge on any atom is 0.306 e. The number of hydrogen-bond acceptors (Lipinski definition) is 6. The zero-order chi connectivity index (χ0) is 13.4. The molecule has 7 nitrogen and oxygen atoms in total. The highest BCUT2D eigenvalue weighted by Crippen LogP contribution is 1.96. The standard InChI is InChI=1S/C10H20N2O5S/c1-2-17-10(13)3-6-18(14,15)12-7-9-8-16-5-4-11-9/h9,11-12H,2-8H2,1H3. The third kappa shape index (κ3) is 6.29. The lowest BCUT2D eigenvalue weighted by Gasteiger charge is -2.23. The number of carbonyl (C=O) groups excluding carboxylic acids is 1. The summed E-state index contributed by atoms with van der Waals surface area (Å²) in [5, 5.41) is 3.13. The average Bonchev–Trinajstić information content (AvgIpc) is 2.36. The highest BCUT2D eigenvalue weighted by Gasteiger charge is 2.18. The molecule has 1 aliphatic rings. The third-order valence-corrected chi connectivity index (χ3v) is 3.78. The summed E-state index contributed by atoms with van der Waals surface area (Å²) in [6.45, 7) is 4.06. The number of ether oxygens (including phenoxy) is 2. The molecule has 1 fully saturated rings. The van der Waals surface area contributed by atoms with E-state index in [1.807, 2.05) is 0 Å². The van der Waals surface area contributed by atoms with Crippen LogP contribution in [0.15, 0.2) is 0 Å². The first kappa shape index (κ1) is 15.4. The van der Waals surface area contributed by atoms with Gasteiger partial charge >= 0.3 is 5.97 Å². The molecule has 0 spiro atoms. The second kappa shape index (κ2) is 7.67. The van der Waals surface area contributed by atoms with E-state index in [9.17, 15) is 13.2 Å². The van der Waals surface area contributed by atoms with Crippen molar-refractivity contribution in [1.29, 1.82) is 0 Å². The van der Waals surface area contributed by atoms with Gasteiger partial charge in [0.15, 0.2) is 0 Å². The fourth-order valence-electron chi connectivity index (χ4n) is 1.50. The van der Waals surface area contributed by atoms with E-state index in [-0.39, 0.29) is 31.4 Å². The number of nitrogens with one attached hydrogen (secondary N) is 2. The molecule has 1 saturated heterocycles. The summed E-state index contributed by atoms with van der Waals surface area (Å²) in [6, 6.07) is -0.0175. The minimum absolute atomic E-state index is 0.0175. The fourth-order valence-corrected chi connectivity index (χ4v) is 2.54. The van der Waals surface area contributed by atoms with E-state index in [0.717, 1.165) is 6.54 Å². The summed E-state index contributed by atoms with van der Waals surface area (Å²) in [6.07, 6.45) is -0.127. The van der Waals surface area contributed by atoms with Crippen LogP contribution in [0, 0.1) is 0 Å². The average molecular weight is 280 g/mol. The first-order chi connectivity index (χ1) is 8.53. The van der Waals surface area contributed by atoms with Gasteiger partial charge in [-0.2, -0.15) is 0 Å². The molecule has 1 unspecified atom stereocenters. The Labute approximate surface area is 107 Å². The van der Waals surface area contributed by atoms with Crippen LogP contribution in [0.4, 0.5) is 0 Å². The predicted molar refractivity (Wildman–Crippen MR) is 65.6 cm³/mol. The van der Waals surface area contributed by atoms with Gasteiger partial charge in [-0.15, -0.1) is 0 Å². The van der Waals surface area contributed by atoms with Crippen LogP contribution in [0.3, 0.4) is 0 Å². The Hall–Kier alpha value is -0.700. The van der Waals surface area contributed by atoms with Gasteiger partial charge < -0.3 is 14.8 Å². The molecular weight excluding hydrogens is 260 g/mol. The summed E-state index contributed by atoms with van der Waals surface area (Å²) in [4.78, 5) is 11.0. The smallest absolute Gasteiger partial charge is 0.306 e. The van der Waals surface area contributed by atoms with Crippen molar-refractivity contribution < 1.29 is 22.7 Å². The van der Waals surface area contributed by atoms with Crippen molar-refractivity contribution in [2.75, 3.05) is 38.7 Å². The Morgan fingerprint density at radius 1 is 1.56 bits per heavy atom. The quantitative estimate of drug-likeness (QED) is 0.572. The van der Waals surface area contributed by atoms with E-state index in [2.05, 4.69) is 14.8 Å². The highest BCUT2D eigenvalue weighted by molar-refractivity contribution is 7.89. The molecule has 0 aromatic heterocycles. The summed E-state index contributed by atoms with van der Waals surface area (Å²) < 4.78 is 35.5. The lowest BCUT2D eigenvalue weighted by atomic mass is 10.3. The van der Waals surface area contributed by atoms with Gasteiger partial charge in [-0.1, -0.05) is 0 Å². The Bertz CT molecular complexity index is 351. The van der Waals surface area contributed by atoms with E-state index in [0.29, 0.717) is 13.2 Å². The molecule has 106 valence electrons. The molecule has 0 saturated carbocycles. The van der Waals surface area contributed by atoms with Crippen LogP contribution in [-0.4, -0.2) is 59.1 Å². The number of carbonyl (C=O) groups is 1. The van der Waals surface area contributed by atoms with Crippen molar-refractivity contribution in [1.82, 2.24) is 10.0 Å². The predicted octanol–water partition coefficient (Wildman–Crippen LogP) is -1.15. The van der Waals surface area contributed by atoms with Crippen molar-refractivity contribution >= 4 is 16.0 Å². The maximum absolute atomic E-state index is 11.6. The first-order valence-corrected chi connectivity index (χ1v) is 7.63. The molecule has 0 aliphatic carbocycles. The lowest BCUT2D eigenvalue weighted by molar-refractivity contribution is -0.142. The lowest BCUT2D eigenvalue weighted by Crippen LogP contribution is -2.48. The number of hydrogen-bond donors (Lipinski definition) is 2. The highest BCUT2D eigenvalue weighted by atomic mass is 32.2.